The van der Waals surface area contributed by atoms with Gasteiger partial charge in [-0.3, -0.25) is 0 Å². The van der Waals surface area contributed by atoms with Crippen LogP contribution in [0.15, 0.2) is 17.3 Å². The van der Waals surface area contributed by atoms with Gasteiger partial charge < -0.3 is 4.90 Å². The predicted octanol–water partition coefficient (Wildman–Crippen LogP) is 1.92. The van der Waals surface area contributed by atoms with Crippen LogP contribution in [-0.4, -0.2) is 36.3 Å². The van der Waals surface area contributed by atoms with Crippen molar-refractivity contribution < 1.29 is 0 Å². The molecule has 0 saturated heterocycles. The van der Waals surface area contributed by atoms with E-state index in [1.165, 1.54) is 0 Å². The van der Waals surface area contributed by atoms with Crippen molar-refractivity contribution in [3.8, 4) is 6.07 Å². The summed E-state index contributed by atoms with van der Waals surface area (Å²) in [6, 6.07) is 4.07. The maximum Gasteiger partial charge on any atom is 0.114 e. The topological polar surface area (TPSA) is 39.9 Å². The van der Waals surface area contributed by atoms with Gasteiger partial charge in [0.2, 0.25) is 0 Å². The van der Waals surface area contributed by atoms with Crippen LogP contribution in [0.5, 0.6) is 0 Å². The summed E-state index contributed by atoms with van der Waals surface area (Å²) in [5, 5.41) is 9.84. The van der Waals surface area contributed by atoms with Crippen molar-refractivity contribution >= 4 is 11.8 Å². The fourth-order valence-electron chi connectivity index (χ4n) is 1.10. The summed E-state index contributed by atoms with van der Waals surface area (Å²) < 4.78 is 0. The van der Waals surface area contributed by atoms with Crippen molar-refractivity contribution in [1.82, 2.24) is 9.88 Å². The van der Waals surface area contributed by atoms with E-state index in [2.05, 4.69) is 16.0 Å². The number of nitrogens with zero attached hydrogens (tertiary/aromatic N) is 3. The number of thioether (sulfide) groups is 1. The molecule has 0 radical (unpaired) electrons. The summed E-state index contributed by atoms with van der Waals surface area (Å²) in [4.78, 5) is 6.35. The quantitative estimate of drug-likeness (QED) is 0.728. The van der Waals surface area contributed by atoms with Crippen LogP contribution in [0.2, 0.25) is 0 Å². The van der Waals surface area contributed by atoms with Crippen LogP contribution < -0.4 is 0 Å². The maximum atomic E-state index is 8.99. The van der Waals surface area contributed by atoms with Gasteiger partial charge in [-0.15, -0.1) is 11.8 Å². The van der Waals surface area contributed by atoms with Crippen LogP contribution in [0.25, 0.3) is 0 Å². The normalized spacial score (nSPS) is 10.3. The van der Waals surface area contributed by atoms with Crippen molar-refractivity contribution in [3.05, 3.63) is 23.4 Å². The minimum Gasteiger partial charge on any atom is -0.309 e. The number of aryl methyl sites for hydroxylation is 1. The molecule has 0 N–H and O–H groups in total. The Bertz CT molecular complexity index is 369. The fraction of sp³-hybridized carbons (Fsp3) is 0.455. The maximum absolute atomic E-state index is 8.99. The monoisotopic (exact) mass is 221 g/mol. The van der Waals surface area contributed by atoms with Gasteiger partial charge in [-0.1, -0.05) is 0 Å². The minimum absolute atomic E-state index is 0.709. The van der Waals surface area contributed by atoms with Gasteiger partial charge in [0.25, 0.3) is 0 Å². The smallest absolute Gasteiger partial charge is 0.114 e. The molecule has 1 aromatic heterocycles. The number of rotatable bonds is 4. The Hall–Kier alpha value is -1.05. The van der Waals surface area contributed by atoms with Gasteiger partial charge in [-0.05, 0) is 32.6 Å². The molecule has 0 atom stereocenters. The van der Waals surface area contributed by atoms with E-state index in [1.807, 2.05) is 27.1 Å². The van der Waals surface area contributed by atoms with Crippen molar-refractivity contribution in [2.24, 2.45) is 0 Å². The van der Waals surface area contributed by atoms with Crippen LogP contribution in [0.4, 0.5) is 0 Å². The van der Waals surface area contributed by atoms with Crippen LogP contribution in [0, 0.1) is 18.3 Å². The van der Waals surface area contributed by atoms with E-state index < -0.39 is 0 Å². The Kier molecular flexibility index (Phi) is 4.60. The molecule has 1 heterocycles. The highest BCUT2D eigenvalue weighted by atomic mass is 32.2. The van der Waals surface area contributed by atoms with Crippen molar-refractivity contribution in [1.29, 1.82) is 5.26 Å². The van der Waals surface area contributed by atoms with Gasteiger partial charge in [0.1, 0.15) is 11.1 Å². The Balaban J connectivity index is 2.69. The summed E-state index contributed by atoms with van der Waals surface area (Å²) in [7, 11) is 4.07. The second-order valence-corrected chi connectivity index (χ2v) is 4.66. The molecule has 15 heavy (non-hydrogen) atoms. The summed E-state index contributed by atoms with van der Waals surface area (Å²) in [6.45, 7) is 2.93. The van der Waals surface area contributed by atoms with Crippen LogP contribution in [0.3, 0.4) is 0 Å². The van der Waals surface area contributed by atoms with E-state index in [1.54, 1.807) is 18.0 Å². The molecular formula is C11H15N3S. The molecule has 0 aromatic carbocycles. The van der Waals surface area contributed by atoms with Gasteiger partial charge in [0.05, 0.1) is 5.56 Å². The lowest BCUT2D eigenvalue weighted by atomic mass is 10.2. The summed E-state index contributed by atoms with van der Waals surface area (Å²) >= 11 is 1.64. The predicted molar refractivity (Wildman–Crippen MR) is 63.0 cm³/mol. The Labute approximate surface area is 95.1 Å². The van der Waals surface area contributed by atoms with Crippen molar-refractivity contribution in [3.63, 3.8) is 0 Å². The zero-order chi connectivity index (χ0) is 11.3. The van der Waals surface area contributed by atoms with Gasteiger partial charge in [-0.2, -0.15) is 5.26 Å². The lowest BCUT2D eigenvalue weighted by molar-refractivity contribution is 0.437. The molecular weight excluding hydrogens is 206 g/mol. The highest BCUT2D eigenvalue weighted by Gasteiger charge is 2.06. The zero-order valence-electron chi connectivity index (χ0n) is 9.32. The lowest BCUT2D eigenvalue weighted by Crippen LogP contribution is -2.14. The molecule has 0 amide bonds. The summed E-state index contributed by atoms with van der Waals surface area (Å²) in [5.74, 6) is 0.956. The number of hydrogen-bond acceptors (Lipinski definition) is 4. The molecule has 0 bridgehead atoms. The van der Waals surface area contributed by atoms with Crippen molar-refractivity contribution in [2.45, 2.75) is 11.9 Å². The van der Waals surface area contributed by atoms with Gasteiger partial charge in [-0.25, -0.2) is 4.98 Å². The Morgan fingerprint density at radius 1 is 1.53 bits per heavy atom. The average molecular weight is 221 g/mol. The number of pyridine rings is 1. The van der Waals surface area contributed by atoms with Gasteiger partial charge >= 0.3 is 0 Å². The third-order valence-electron chi connectivity index (χ3n) is 2.01. The number of aromatic nitrogens is 1. The average Bonchev–Trinajstić information content (AvgIpc) is 2.17. The van der Waals surface area contributed by atoms with Gasteiger partial charge in [0, 0.05) is 18.5 Å². The third-order valence-corrected chi connectivity index (χ3v) is 2.98. The standard InChI is InChI=1S/C11H15N3S/c1-9-4-5-13-11(10(9)8-12)15-7-6-14(2)3/h4-5H,6-7H2,1-3H3. The van der Waals surface area contributed by atoms with Crippen LogP contribution in [0.1, 0.15) is 11.1 Å². The van der Waals surface area contributed by atoms with E-state index in [-0.39, 0.29) is 0 Å². The molecule has 0 spiro atoms. The largest absolute Gasteiger partial charge is 0.309 e. The first-order valence-electron chi connectivity index (χ1n) is 4.78. The second kappa shape index (κ2) is 5.74. The van der Waals surface area contributed by atoms with Gasteiger partial charge in [0.15, 0.2) is 0 Å². The van der Waals surface area contributed by atoms with E-state index in [9.17, 15) is 0 Å². The molecule has 0 saturated carbocycles. The molecule has 0 unspecified atom stereocenters. The Morgan fingerprint density at radius 2 is 2.27 bits per heavy atom. The third kappa shape index (κ3) is 3.54. The molecule has 4 heteroatoms. The molecule has 1 aromatic rings. The summed E-state index contributed by atoms with van der Waals surface area (Å²) in [6.07, 6.45) is 1.76. The summed E-state index contributed by atoms with van der Waals surface area (Å²) in [5.41, 5.74) is 1.71. The second-order valence-electron chi connectivity index (χ2n) is 3.57. The molecule has 1 rings (SSSR count). The van der Waals surface area contributed by atoms with E-state index in [4.69, 9.17) is 5.26 Å². The molecule has 3 nitrogen and oxygen atoms in total. The molecule has 0 aliphatic rings. The highest BCUT2D eigenvalue weighted by Crippen LogP contribution is 2.21. The molecule has 0 aliphatic carbocycles. The zero-order valence-corrected chi connectivity index (χ0v) is 10.1. The molecule has 0 fully saturated rings. The van der Waals surface area contributed by atoms with E-state index in [0.29, 0.717) is 5.56 Å². The van der Waals surface area contributed by atoms with Crippen LogP contribution in [-0.2, 0) is 0 Å². The first-order chi connectivity index (χ1) is 7.15. The first kappa shape index (κ1) is 12.0. The van der Waals surface area contributed by atoms with Crippen LogP contribution >= 0.6 is 11.8 Å². The highest BCUT2D eigenvalue weighted by molar-refractivity contribution is 7.99. The molecule has 0 aliphatic heterocycles. The fourth-order valence-corrected chi connectivity index (χ4v) is 2.24. The van der Waals surface area contributed by atoms with Crippen molar-refractivity contribution in [2.75, 3.05) is 26.4 Å². The SMILES string of the molecule is Cc1ccnc(SCCN(C)C)c1C#N. The minimum atomic E-state index is 0.709. The number of nitriles is 1. The van der Waals surface area contributed by atoms with E-state index >= 15 is 0 Å². The first-order valence-corrected chi connectivity index (χ1v) is 5.77. The lowest BCUT2D eigenvalue weighted by Gasteiger charge is -2.09. The molecule has 80 valence electrons. The van der Waals surface area contributed by atoms with E-state index in [0.717, 1.165) is 22.9 Å². The number of hydrogen-bond donors (Lipinski definition) is 0. The Morgan fingerprint density at radius 3 is 2.87 bits per heavy atom.